The lowest BCUT2D eigenvalue weighted by atomic mass is 10.1. The van der Waals surface area contributed by atoms with Gasteiger partial charge in [0.15, 0.2) is 23.0 Å². The van der Waals surface area contributed by atoms with Crippen molar-refractivity contribution in [2.45, 2.75) is 144 Å². The van der Waals surface area contributed by atoms with Gasteiger partial charge >= 0.3 is 12.2 Å². The number of carbonyl (C=O) groups excluding carboxylic acids is 10. The molecule has 2 fully saturated rings. The zero-order valence-electron chi connectivity index (χ0n) is 56.9. The van der Waals surface area contributed by atoms with Crippen molar-refractivity contribution in [3.05, 3.63) is 47.5 Å². The second-order valence-electron chi connectivity index (χ2n) is 21.2. The average Bonchev–Trinajstić information content (AvgIpc) is 1.50. The molecule has 0 bridgehead atoms. The average molecular weight is 1400 g/mol. The van der Waals surface area contributed by atoms with E-state index in [2.05, 4.69) is 76.3 Å². The van der Waals surface area contributed by atoms with Crippen molar-refractivity contribution in [3.8, 4) is 23.0 Å². The van der Waals surface area contributed by atoms with Gasteiger partial charge in [0.25, 0.3) is 0 Å². The molecule has 0 aromatic heterocycles. The summed E-state index contributed by atoms with van der Waals surface area (Å²) in [7, 11) is 5.77. The number of alkyl carbamates (subject to hydrolysis) is 1. The monoisotopic (exact) mass is 1400 g/mol. The minimum absolute atomic E-state index is 0. The largest absolute Gasteiger partial charge is 0.504 e. The maximum absolute atomic E-state index is 13.0. The third kappa shape index (κ3) is 35.3. The van der Waals surface area contributed by atoms with E-state index in [0.29, 0.717) is 36.5 Å². The molecule has 2 heterocycles. The number of benzene rings is 2. The van der Waals surface area contributed by atoms with E-state index in [4.69, 9.17) is 36.1 Å². The maximum Gasteiger partial charge on any atom is 0.415 e. The summed E-state index contributed by atoms with van der Waals surface area (Å²) in [6, 6.07) is 9.10. The quantitative estimate of drug-likeness (QED) is 0.0263. The van der Waals surface area contributed by atoms with Crippen LogP contribution in [0.25, 0.3) is 0 Å². The number of methoxy groups -OCH3 is 2. The fourth-order valence-electron chi connectivity index (χ4n) is 8.75. The van der Waals surface area contributed by atoms with Crippen LogP contribution in [0.2, 0.25) is 0 Å². The standard InChI is InChI=1S/C32H51N7O9S.C20H27N3O7S.C8H20N2.C2H8N2.2CH4/c1-7-37(8-2)15-16-38(9-3)32(45)48-23-11-10-22(18-24(23)46-6)25(47-31(44)36-21(4)33)20-35-28(41)13-17-49-26-19-29(42)39(30(26)43)14-12-27(40)34-5;1-21-17(26)5-7-23-19(28)10-16(20(23)29)31-8-6-18(27)22-11-14(25)12-3-4-13(24)15(9-12)30-2;1-4-9-7-8-10(5-2)6-3;1-2(3)4;;/h10-11,18,21,25-26H,7-9,12-17,19-20,33H2,1-6H3,(H,34,40)(H,35,41)(H,36,44);3-4,9,14,16,24-25H,5-8,10-11H2,1-2H3,(H,21,26)(H,22,27);9H,4-8H2,1-3H3;2H,3-4H2,1H3;2*1H4. The summed E-state index contributed by atoms with van der Waals surface area (Å²) in [6.07, 6.45) is -3.87. The van der Waals surface area contributed by atoms with Crippen molar-refractivity contribution >= 4 is 83.0 Å². The van der Waals surface area contributed by atoms with Crippen LogP contribution in [-0.2, 0) is 43.1 Å². The van der Waals surface area contributed by atoms with E-state index in [1.165, 1.54) is 95.7 Å². The molecular weight excluding hydrogens is 1280 g/mol. The number of imide groups is 2. The number of likely N-dealkylation sites (tertiary alicyclic amines) is 2. The number of aliphatic hydroxyl groups excluding tert-OH is 1. The molecule has 2 aromatic rings. The number of phenols is 1. The summed E-state index contributed by atoms with van der Waals surface area (Å²) in [5.74, 6) is -1.42. The summed E-state index contributed by atoms with van der Waals surface area (Å²) >= 11 is 2.42. The number of hydrogen-bond donors (Lipinski definition) is 11. The van der Waals surface area contributed by atoms with Gasteiger partial charge in [-0.3, -0.25) is 48.2 Å². The predicted octanol–water partition coefficient (Wildman–Crippen LogP) is 2.83. The molecule has 5 atom stereocenters. The Hall–Kier alpha value is -7.04. The van der Waals surface area contributed by atoms with Gasteiger partial charge in [0.05, 0.1) is 43.5 Å². The number of nitrogens with zero attached hydrogens (tertiary/aromatic N) is 5. The first-order valence-electron chi connectivity index (χ1n) is 31.7. The fourth-order valence-corrected chi connectivity index (χ4v) is 11.0. The molecule has 2 aliphatic heterocycles. The van der Waals surface area contributed by atoms with Gasteiger partial charge in [0.1, 0.15) is 6.10 Å². The molecule has 0 radical (unpaired) electrons. The van der Waals surface area contributed by atoms with E-state index in [-0.39, 0.29) is 162 Å². The Kier molecular flexibility index (Phi) is 48.6. The molecule has 96 heavy (non-hydrogen) atoms. The zero-order valence-corrected chi connectivity index (χ0v) is 58.5. The molecule has 14 N–H and O–H groups in total. The first kappa shape index (κ1) is 91.0. The normalized spacial score (nSPS) is 14.8. The van der Waals surface area contributed by atoms with E-state index in [0.717, 1.165) is 36.0 Å². The lowest BCUT2D eigenvalue weighted by Crippen LogP contribution is -2.41. The molecule has 2 saturated heterocycles. The van der Waals surface area contributed by atoms with Crippen LogP contribution < -0.4 is 63.3 Å². The number of hydrogen-bond acceptors (Lipinski definition) is 24. The lowest BCUT2D eigenvalue weighted by molar-refractivity contribution is -0.140. The number of nitrogens with one attached hydrogen (secondary N) is 6. The van der Waals surface area contributed by atoms with Gasteiger partial charge in [-0.2, -0.15) is 0 Å². The van der Waals surface area contributed by atoms with Crippen molar-refractivity contribution in [2.75, 3.05) is 131 Å². The van der Waals surface area contributed by atoms with E-state index in [9.17, 15) is 58.2 Å². The SMILES string of the molecule is C.C.CC(N)N.CCN(CC)CCN(CC)C(=O)Oc1ccc(C(CNC(=O)CCSC2CC(=O)N(CCC(=O)NC)C2=O)OC(=O)NC(C)N)cc1OC.CCNCCN(CC)CC.CNC(=O)CCN1C(=O)CC(SCCC(=O)NCC(O)c2ccc(O)c(OC)c2)C1=O. The molecule has 0 saturated carbocycles. The second kappa shape index (κ2) is 51.2. The van der Waals surface area contributed by atoms with Gasteiger partial charge in [-0.1, -0.05) is 61.6 Å². The zero-order chi connectivity index (χ0) is 70.9. The Morgan fingerprint density at radius 3 is 1.55 bits per heavy atom. The molecule has 5 unspecified atom stereocenters. The fraction of sp³-hybridized carbons (Fsp3) is 0.656. The summed E-state index contributed by atoms with van der Waals surface area (Å²) in [5.41, 5.74) is 16.4. The highest BCUT2D eigenvalue weighted by Gasteiger charge is 2.40. The minimum Gasteiger partial charge on any atom is -0.504 e. The molecule has 0 spiro atoms. The lowest BCUT2D eigenvalue weighted by Gasteiger charge is -2.25. The summed E-state index contributed by atoms with van der Waals surface area (Å²) in [5, 5.41) is 34.6. The van der Waals surface area contributed by atoms with Crippen LogP contribution in [0, 0.1) is 0 Å². The molecule has 32 heteroatoms. The van der Waals surface area contributed by atoms with Gasteiger partial charge in [-0.05, 0) is 88.9 Å². The van der Waals surface area contributed by atoms with Crippen LogP contribution in [0.1, 0.15) is 132 Å². The number of carbonyl (C=O) groups is 10. The van der Waals surface area contributed by atoms with Gasteiger partial charge in [-0.25, -0.2) is 9.59 Å². The van der Waals surface area contributed by atoms with Gasteiger partial charge < -0.3 is 93.0 Å². The van der Waals surface area contributed by atoms with Gasteiger partial charge in [0, 0.05) is 123 Å². The Labute approximate surface area is 577 Å². The van der Waals surface area contributed by atoms with Crippen molar-refractivity contribution in [2.24, 2.45) is 17.2 Å². The van der Waals surface area contributed by atoms with Gasteiger partial charge in [0.2, 0.25) is 47.3 Å². The number of aliphatic hydroxyl groups is 1. The van der Waals surface area contributed by atoms with Crippen molar-refractivity contribution < 1.29 is 77.1 Å². The molecule has 30 nitrogen and oxygen atoms in total. The Morgan fingerprint density at radius 2 is 1.10 bits per heavy atom. The van der Waals surface area contributed by atoms with Crippen molar-refractivity contribution in [3.63, 3.8) is 0 Å². The molecular formula is C64H114N14O16S2. The van der Waals surface area contributed by atoms with Crippen LogP contribution in [0.4, 0.5) is 9.59 Å². The molecule has 0 aliphatic carbocycles. The molecule has 2 aliphatic rings. The van der Waals surface area contributed by atoms with E-state index >= 15 is 0 Å². The molecule has 2 aromatic carbocycles. The first-order valence-corrected chi connectivity index (χ1v) is 33.8. The van der Waals surface area contributed by atoms with Crippen LogP contribution in [0.15, 0.2) is 36.4 Å². The molecule has 4 rings (SSSR count). The molecule has 10 amide bonds. The Morgan fingerprint density at radius 1 is 0.635 bits per heavy atom. The highest BCUT2D eigenvalue weighted by molar-refractivity contribution is 8.00. The highest BCUT2D eigenvalue weighted by Crippen LogP contribution is 2.33. The second-order valence-corrected chi connectivity index (χ2v) is 23.9. The Bertz CT molecular complexity index is 2670. The number of thioether (sulfide) groups is 2. The number of rotatable bonds is 37. The third-order valence-electron chi connectivity index (χ3n) is 14.3. The van der Waals surface area contributed by atoms with Crippen LogP contribution >= 0.6 is 23.5 Å². The maximum atomic E-state index is 13.0. The van der Waals surface area contributed by atoms with E-state index < -0.39 is 41.1 Å². The Balaban J connectivity index is 0. The summed E-state index contributed by atoms with van der Waals surface area (Å²) in [4.78, 5) is 131. The predicted molar refractivity (Wildman–Crippen MR) is 375 cm³/mol. The summed E-state index contributed by atoms with van der Waals surface area (Å²) in [6.45, 7) is 24.9. The van der Waals surface area contributed by atoms with Crippen LogP contribution in [0.5, 0.6) is 23.0 Å². The van der Waals surface area contributed by atoms with Crippen LogP contribution in [-0.4, -0.2) is 248 Å². The van der Waals surface area contributed by atoms with Crippen molar-refractivity contribution in [1.82, 2.24) is 56.4 Å². The van der Waals surface area contributed by atoms with Crippen molar-refractivity contribution in [1.29, 1.82) is 0 Å². The van der Waals surface area contributed by atoms with Crippen LogP contribution in [0.3, 0.4) is 0 Å². The first-order chi connectivity index (χ1) is 44.7. The molecule has 548 valence electrons. The number of ether oxygens (including phenoxy) is 4. The number of nitrogens with two attached hydrogens (primary N) is 3. The highest BCUT2D eigenvalue weighted by atomic mass is 32.2. The number of phenolic OH excluding ortho intramolecular Hbond substituents is 1. The number of aromatic hydroxyl groups is 1. The number of likely N-dealkylation sites (N-methyl/N-ethyl adjacent to an activating group) is 4. The smallest absolute Gasteiger partial charge is 0.415 e. The van der Waals surface area contributed by atoms with E-state index in [1.54, 1.807) is 30.9 Å². The van der Waals surface area contributed by atoms with E-state index in [1.807, 2.05) is 6.92 Å². The van der Waals surface area contributed by atoms with Gasteiger partial charge in [-0.15, -0.1) is 23.5 Å². The minimum atomic E-state index is -0.978. The number of amides is 10. The summed E-state index contributed by atoms with van der Waals surface area (Å²) < 4.78 is 21.7. The third-order valence-corrected chi connectivity index (χ3v) is 16.7. The topological polar surface area (TPSA) is 415 Å².